The minimum absolute atomic E-state index is 0.127. The predicted octanol–water partition coefficient (Wildman–Crippen LogP) is 4.44. The number of anilines is 3. The molecular formula is C16H20BrN3O2S. The first-order valence-electron chi connectivity index (χ1n) is 7.39. The Kier molecular flexibility index (Phi) is 6.01. The van der Waals surface area contributed by atoms with E-state index >= 15 is 0 Å². The average molecular weight is 398 g/mol. The summed E-state index contributed by atoms with van der Waals surface area (Å²) in [5.74, 6) is 0.782. The third kappa shape index (κ3) is 5.51. The standard InChI is InChI=1S/C16H20BrN3O2S/c1-3-4-9-23(21,22)20-14-6-8-16(18-11-14)19-13-5-7-15(17)12(2)10-13/h5-8,10-11,20H,3-4,9H2,1-2H3,(H,18,19). The molecule has 5 nitrogen and oxygen atoms in total. The Bertz CT molecular complexity index is 761. The van der Waals surface area contributed by atoms with Gasteiger partial charge in [-0.2, -0.15) is 0 Å². The van der Waals surface area contributed by atoms with Crippen molar-refractivity contribution >= 4 is 43.1 Å². The third-order valence-corrected chi connectivity index (χ3v) is 5.50. The smallest absolute Gasteiger partial charge is 0.232 e. The van der Waals surface area contributed by atoms with Crippen molar-refractivity contribution in [3.63, 3.8) is 0 Å². The van der Waals surface area contributed by atoms with Gasteiger partial charge in [0.15, 0.2) is 0 Å². The Morgan fingerprint density at radius 1 is 1.17 bits per heavy atom. The highest BCUT2D eigenvalue weighted by Gasteiger charge is 2.09. The number of hydrogen-bond acceptors (Lipinski definition) is 4. The van der Waals surface area contributed by atoms with Crippen LogP contribution in [0.2, 0.25) is 0 Å². The molecule has 0 atom stereocenters. The number of aryl methyl sites for hydroxylation is 1. The van der Waals surface area contributed by atoms with Gasteiger partial charge >= 0.3 is 0 Å². The topological polar surface area (TPSA) is 71.1 Å². The van der Waals surface area contributed by atoms with Crippen LogP contribution in [0, 0.1) is 6.92 Å². The minimum atomic E-state index is -3.29. The van der Waals surface area contributed by atoms with Gasteiger partial charge in [0, 0.05) is 10.2 Å². The van der Waals surface area contributed by atoms with Crippen molar-refractivity contribution < 1.29 is 8.42 Å². The number of nitrogens with zero attached hydrogens (tertiary/aromatic N) is 1. The Hall–Kier alpha value is -1.60. The molecule has 0 bridgehead atoms. The molecule has 2 N–H and O–H groups in total. The number of aromatic nitrogens is 1. The lowest BCUT2D eigenvalue weighted by atomic mass is 10.2. The summed E-state index contributed by atoms with van der Waals surface area (Å²) in [5.41, 5.74) is 2.52. The van der Waals surface area contributed by atoms with Crippen molar-refractivity contribution in [2.75, 3.05) is 15.8 Å². The number of rotatable bonds is 7. The molecular weight excluding hydrogens is 378 g/mol. The quantitative estimate of drug-likeness (QED) is 0.724. The summed E-state index contributed by atoms with van der Waals surface area (Å²) in [5, 5.41) is 3.19. The van der Waals surface area contributed by atoms with Gasteiger partial charge in [-0.25, -0.2) is 13.4 Å². The summed E-state index contributed by atoms with van der Waals surface area (Å²) >= 11 is 3.46. The maximum absolute atomic E-state index is 11.8. The number of sulfonamides is 1. The van der Waals surface area contributed by atoms with Crippen LogP contribution in [-0.4, -0.2) is 19.2 Å². The van der Waals surface area contributed by atoms with Crippen molar-refractivity contribution in [1.29, 1.82) is 0 Å². The Labute approximate surface area is 145 Å². The zero-order valence-corrected chi connectivity index (χ0v) is 15.5. The molecule has 7 heteroatoms. The first kappa shape index (κ1) is 17.7. The molecule has 0 aliphatic heterocycles. The molecule has 124 valence electrons. The molecule has 0 saturated heterocycles. The van der Waals surface area contributed by atoms with Crippen LogP contribution >= 0.6 is 15.9 Å². The van der Waals surface area contributed by atoms with Gasteiger partial charge in [-0.15, -0.1) is 0 Å². The molecule has 1 aromatic heterocycles. The highest BCUT2D eigenvalue weighted by atomic mass is 79.9. The van der Waals surface area contributed by atoms with E-state index in [0.29, 0.717) is 17.9 Å². The SMILES string of the molecule is CCCCS(=O)(=O)Nc1ccc(Nc2ccc(Br)c(C)c2)nc1. The number of unbranched alkanes of at least 4 members (excludes halogenated alkanes) is 1. The molecule has 1 aromatic carbocycles. The van der Waals surface area contributed by atoms with Gasteiger partial charge in [0.05, 0.1) is 17.6 Å². The van der Waals surface area contributed by atoms with Crippen molar-refractivity contribution in [1.82, 2.24) is 4.98 Å². The largest absolute Gasteiger partial charge is 0.340 e. The normalized spacial score (nSPS) is 11.3. The Balaban J connectivity index is 2.03. The zero-order valence-electron chi connectivity index (χ0n) is 13.1. The number of pyridine rings is 1. The van der Waals surface area contributed by atoms with Gasteiger partial charge in [-0.1, -0.05) is 29.3 Å². The first-order valence-corrected chi connectivity index (χ1v) is 9.84. The summed E-state index contributed by atoms with van der Waals surface area (Å²) in [6.45, 7) is 3.97. The second-order valence-corrected chi connectivity index (χ2v) is 7.99. The third-order valence-electron chi connectivity index (χ3n) is 3.23. The van der Waals surface area contributed by atoms with Gasteiger partial charge in [-0.3, -0.25) is 4.72 Å². The fourth-order valence-electron chi connectivity index (χ4n) is 1.96. The average Bonchev–Trinajstić information content (AvgIpc) is 2.51. The molecule has 0 aliphatic rings. The fraction of sp³-hybridized carbons (Fsp3) is 0.312. The molecule has 0 unspecified atom stereocenters. The van der Waals surface area contributed by atoms with E-state index in [4.69, 9.17) is 0 Å². The summed E-state index contributed by atoms with van der Waals surface area (Å²) < 4.78 is 27.3. The maximum atomic E-state index is 11.8. The molecule has 2 rings (SSSR count). The van der Waals surface area contributed by atoms with Crippen LogP contribution in [0.25, 0.3) is 0 Å². The number of nitrogens with one attached hydrogen (secondary N) is 2. The highest BCUT2D eigenvalue weighted by Crippen LogP contribution is 2.22. The van der Waals surface area contributed by atoms with Crippen LogP contribution in [0.5, 0.6) is 0 Å². The lowest BCUT2D eigenvalue weighted by Gasteiger charge is -2.10. The summed E-state index contributed by atoms with van der Waals surface area (Å²) in [6.07, 6.45) is 3.00. The summed E-state index contributed by atoms with van der Waals surface area (Å²) in [4.78, 5) is 4.24. The molecule has 0 amide bonds. The van der Waals surface area contributed by atoms with E-state index in [1.165, 1.54) is 6.20 Å². The van der Waals surface area contributed by atoms with Crippen molar-refractivity contribution in [2.45, 2.75) is 26.7 Å². The van der Waals surface area contributed by atoms with E-state index in [0.717, 1.165) is 22.1 Å². The number of hydrogen-bond donors (Lipinski definition) is 2. The van der Waals surface area contributed by atoms with E-state index < -0.39 is 10.0 Å². The van der Waals surface area contributed by atoms with E-state index in [1.807, 2.05) is 32.0 Å². The van der Waals surface area contributed by atoms with Gasteiger partial charge in [0.2, 0.25) is 10.0 Å². The van der Waals surface area contributed by atoms with Crippen LogP contribution in [0.4, 0.5) is 17.2 Å². The number of benzene rings is 1. The second-order valence-electron chi connectivity index (χ2n) is 5.30. The monoisotopic (exact) mass is 397 g/mol. The lowest BCUT2D eigenvalue weighted by molar-refractivity contribution is 0.598. The van der Waals surface area contributed by atoms with Crippen LogP contribution in [0.1, 0.15) is 25.3 Å². The molecule has 0 aliphatic carbocycles. The van der Waals surface area contributed by atoms with Gasteiger partial charge in [-0.05, 0) is 49.2 Å². The minimum Gasteiger partial charge on any atom is -0.340 e. The van der Waals surface area contributed by atoms with Crippen LogP contribution in [0.15, 0.2) is 41.0 Å². The van der Waals surface area contributed by atoms with Crippen LogP contribution in [-0.2, 0) is 10.0 Å². The highest BCUT2D eigenvalue weighted by molar-refractivity contribution is 9.10. The zero-order chi connectivity index (χ0) is 16.9. The first-order chi connectivity index (χ1) is 10.9. The molecule has 0 radical (unpaired) electrons. The summed E-state index contributed by atoms with van der Waals surface area (Å²) in [6, 6.07) is 9.36. The fourth-order valence-corrected chi connectivity index (χ4v) is 3.46. The summed E-state index contributed by atoms with van der Waals surface area (Å²) in [7, 11) is -3.29. The van der Waals surface area contributed by atoms with Crippen LogP contribution in [0.3, 0.4) is 0 Å². The molecule has 0 fully saturated rings. The predicted molar refractivity (Wildman–Crippen MR) is 98.7 cm³/mol. The maximum Gasteiger partial charge on any atom is 0.232 e. The molecule has 0 spiro atoms. The molecule has 1 heterocycles. The molecule has 2 aromatic rings. The van der Waals surface area contributed by atoms with Crippen LogP contribution < -0.4 is 10.0 Å². The van der Waals surface area contributed by atoms with Gasteiger partial charge in [0.25, 0.3) is 0 Å². The van der Waals surface area contributed by atoms with Crippen molar-refractivity contribution in [3.8, 4) is 0 Å². The van der Waals surface area contributed by atoms with Gasteiger partial charge < -0.3 is 5.32 Å². The lowest BCUT2D eigenvalue weighted by Crippen LogP contribution is -2.16. The van der Waals surface area contributed by atoms with E-state index in [2.05, 4.69) is 31.0 Å². The second kappa shape index (κ2) is 7.79. The Morgan fingerprint density at radius 2 is 1.91 bits per heavy atom. The van der Waals surface area contributed by atoms with Gasteiger partial charge in [0.1, 0.15) is 5.82 Å². The molecule has 0 saturated carbocycles. The van der Waals surface area contributed by atoms with E-state index in [9.17, 15) is 8.42 Å². The van der Waals surface area contributed by atoms with E-state index in [-0.39, 0.29) is 5.75 Å². The Morgan fingerprint density at radius 3 is 2.52 bits per heavy atom. The van der Waals surface area contributed by atoms with Crippen molar-refractivity contribution in [3.05, 3.63) is 46.6 Å². The number of halogens is 1. The van der Waals surface area contributed by atoms with Crippen molar-refractivity contribution in [2.24, 2.45) is 0 Å². The van der Waals surface area contributed by atoms with E-state index in [1.54, 1.807) is 12.1 Å². The molecule has 23 heavy (non-hydrogen) atoms.